The third-order valence-corrected chi connectivity index (χ3v) is 7.06. The summed E-state index contributed by atoms with van der Waals surface area (Å²) in [6.07, 6.45) is 6.98. The van der Waals surface area contributed by atoms with E-state index in [1.807, 2.05) is 54.6 Å². The maximum atomic E-state index is 13.2. The van der Waals surface area contributed by atoms with Gasteiger partial charge in [0.1, 0.15) is 5.75 Å². The molecule has 0 spiro atoms. The Balaban J connectivity index is 0.00000181. The minimum Gasteiger partial charge on any atom is -0.496 e. The van der Waals surface area contributed by atoms with Crippen LogP contribution in [0.1, 0.15) is 41.1 Å². The van der Waals surface area contributed by atoms with Crippen LogP contribution >= 0.6 is 0 Å². The second-order valence-corrected chi connectivity index (χ2v) is 9.48. The van der Waals surface area contributed by atoms with Gasteiger partial charge in [-0.3, -0.25) is 14.5 Å². The number of benzene rings is 3. The third kappa shape index (κ3) is 6.22. The first kappa shape index (κ1) is 28.1. The molecule has 6 nitrogen and oxygen atoms in total. The number of hydrogen-bond donors (Lipinski definition) is 1. The number of fused-ring (bicyclic) bond motifs is 1. The Morgan fingerprint density at radius 3 is 2.17 bits per heavy atom. The molecule has 2 aliphatic rings. The lowest BCUT2D eigenvalue weighted by Gasteiger charge is -2.25. The highest BCUT2D eigenvalue weighted by molar-refractivity contribution is 6.24. The van der Waals surface area contributed by atoms with Crippen molar-refractivity contribution in [3.05, 3.63) is 132 Å². The number of ether oxygens (including phenoxy) is 1. The van der Waals surface area contributed by atoms with E-state index in [0.717, 1.165) is 48.2 Å². The Bertz CT molecular complexity index is 1430. The predicted octanol–water partition coefficient (Wildman–Crippen LogP) is 6.32. The zero-order chi connectivity index (χ0) is 28.5. The van der Waals surface area contributed by atoms with Gasteiger partial charge in [-0.25, -0.2) is 0 Å². The summed E-state index contributed by atoms with van der Waals surface area (Å²) in [7, 11) is 1.66. The Hall–Kier alpha value is -4.89. The van der Waals surface area contributed by atoms with Gasteiger partial charge in [-0.2, -0.15) is 5.26 Å². The number of imide groups is 1. The summed E-state index contributed by atoms with van der Waals surface area (Å²) in [5.41, 5.74) is 5.61. The Labute approximate surface area is 235 Å². The molecule has 0 bridgehead atoms. The first-order valence-electron chi connectivity index (χ1n) is 13.3. The number of nitrogens with zero attached hydrogens (tertiary/aromatic N) is 2. The Morgan fingerprint density at radius 2 is 1.57 bits per heavy atom. The molecule has 1 unspecified atom stereocenters. The molecule has 3 aromatic rings. The highest BCUT2D eigenvalue weighted by atomic mass is 16.5. The maximum Gasteiger partial charge on any atom is 0.261 e. The molecule has 0 radical (unpaired) electrons. The lowest BCUT2D eigenvalue weighted by atomic mass is 9.99. The molecule has 1 saturated heterocycles. The van der Waals surface area contributed by atoms with Crippen molar-refractivity contribution < 1.29 is 14.3 Å². The highest BCUT2D eigenvalue weighted by Crippen LogP contribution is 2.33. The molecule has 1 atom stereocenters. The fourth-order valence-electron chi connectivity index (χ4n) is 5.00. The molecular formula is C34H33N3O3. The zero-order valence-electron chi connectivity index (χ0n) is 22.7. The van der Waals surface area contributed by atoms with Crippen molar-refractivity contribution in [2.75, 3.05) is 19.0 Å². The van der Waals surface area contributed by atoms with Crippen LogP contribution in [-0.4, -0.2) is 30.4 Å². The number of rotatable bonds is 9. The molecule has 5 rings (SSSR count). The van der Waals surface area contributed by atoms with Crippen LogP contribution in [0.3, 0.4) is 0 Å². The van der Waals surface area contributed by atoms with Gasteiger partial charge in [0.05, 0.1) is 31.3 Å². The van der Waals surface area contributed by atoms with Crippen molar-refractivity contribution in [2.45, 2.75) is 31.7 Å². The molecule has 2 amide bonds. The average molecular weight is 532 g/mol. The molecule has 40 heavy (non-hydrogen) atoms. The minimum atomic E-state index is -0.380. The monoisotopic (exact) mass is 531 g/mol. The van der Waals surface area contributed by atoms with Gasteiger partial charge in [-0.1, -0.05) is 54.6 Å². The summed E-state index contributed by atoms with van der Waals surface area (Å²) >= 11 is 0. The second-order valence-electron chi connectivity index (χ2n) is 9.48. The van der Waals surface area contributed by atoms with E-state index in [1.54, 1.807) is 19.2 Å². The first-order valence-corrected chi connectivity index (χ1v) is 13.3. The quantitative estimate of drug-likeness (QED) is 0.258. The average Bonchev–Trinajstić information content (AvgIpc) is 3.26. The lowest BCUT2D eigenvalue weighted by molar-refractivity contribution is -0.136. The van der Waals surface area contributed by atoms with Gasteiger partial charge < -0.3 is 10.1 Å². The van der Waals surface area contributed by atoms with Gasteiger partial charge in [0.15, 0.2) is 0 Å². The van der Waals surface area contributed by atoms with Crippen LogP contribution in [0.25, 0.3) is 0 Å². The van der Waals surface area contributed by atoms with Crippen molar-refractivity contribution in [3.8, 4) is 11.8 Å². The predicted molar refractivity (Wildman–Crippen MR) is 158 cm³/mol. The van der Waals surface area contributed by atoms with Gasteiger partial charge in [0.2, 0.25) is 0 Å². The number of carbonyl (C=O) groups excluding carboxylic acids is 2. The van der Waals surface area contributed by atoms with Gasteiger partial charge in [0, 0.05) is 16.8 Å². The van der Waals surface area contributed by atoms with Crippen LogP contribution < -0.4 is 10.1 Å². The van der Waals surface area contributed by atoms with Crippen molar-refractivity contribution in [1.29, 1.82) is 5.26 Å². The van der Waals surface area contributed by atoms with Gasteiger partial charge in [0.25, 0.3) is 11.8 Å². The number of nitriles is 1. The van der Waals surface area contributed by atoms with E-state index in [4.69, 9.17) is 10.00 Å². The van der Waals surface area contributed by atoms with Crippen LogP contribution in [0.4, 0.5) is 5.69 Å². The smallest absolute Gasteiger partial charge is 0.261 e. The largest absolute Gasteiger partial charge is 0.496 e. The van der Waals surface area contributed by atoms with Gasteiger partial charge in [-0.15, -0.1) is 13.2 Å². The lowest BCUT2D eigenvalue weighted by Crippen LogP contribution is -2.36. The number of anilines is 1. The number of methoxy groups -OCH3 is 1. The summed E-state index contributed by atoms with van der Waals surface area (Å²) in [6, 6.07) is 25.3. The molecule has 0 saturated carbocycles. The van der Waals surface area contributed by atoms with E-state index in [1.165, 1.54) is 10.5 Å². The molecule has 3 aromatic carbocycles. The van der Waals surface area contributed by atoms with E-state index in [9.17, 15) is 9.59 Å². The van der Waals surface area contributed by atoms with Crippen molar-refractivity contribution in [1.82, 2.24) is 4.90 Å². The topological polar surface area (TPSA) is 82.4 Å². The minimum absolute atomic E-state index is 0.166. The molecule has 6 heteroatoms. The summed E-state index contributed by atoms with van der Waals surface area (Å²) < 4.78 is 5.76. The van der Waals surface area contributed by atoms with Crippen LogP contribution in [0.5, 0.6) is 5.75 Å². The molecular weight excluding hydrogens is 498 g/mol. The van der Waals surface area contributed by atoms with E-state index in [-0.39, 0.29) is 24.4 Å². The molecule has 1 fully saturated rings. The van der Waals surface area contributed by atoms with Crippen molar-refractivity contribution in [2.24, 2.45) is 0 Å². The molecule has 1 heterocycles. The SMILES string of the molecule is C=C.COc1cc(C(CN2C(=O)C3=CCCC=C3C2=O)Nc2ccc(C#N)cc2)ccc1CCc1ccccc1. The zero-order valence-corrected chi connectivity index (χ0v) is 22.7. The molecule has 1 aliphatic heterocycles. The van der Waals surface area contributed by atoms with Crippen molar-refractivity contribution in [3.63, 3.8) is 0 Å². The molecule has 202 valence electrons. The number of amides is 2. The fourth-order valence-corrected chi connectivity index (χ4v) is 5.00. The van der Waals surface area contributed by atoms with Crippen LogP contribution in [0.2, 0.25) is 0 Å². The summed E-state index contributed by atoms with van der Waals surface area (Å²) in [5, 5.41) is 12.6. The van der Waals surface area contributed by atoms with Crippen LogP contribution in [-0.2, 0) is 22.4 Å². The van der Waals surface area contributed by atoms with E-state index >= 15 is 0 Å². The number of aryl methyl sites for hydroxylation is 2. The number of allylic oxidation sites excluding steroid dienone is 2. The maximum absolute atomic E-state index is 13.2. The second kappa shape index (κ2) is 13.3. The number of nitrogens with one attached hydrogen (secondary N) is 1. The summed E-state index contributed by atoms with van der Waals surface area (Å²) in [4.78, 5) is 27.6. The molecule has 1 N–H and O–H groups in total. The number of hydrogen-bond acceptors (Lipinski definition) is 5. The number of carbonyl (C=O) groups is 2. The van der Waals surface area contributed by atoms with Crippen LogP contribution in [0.15, 0.2) is 109 Å². The van der Waals surface area contributed by atoms with E-state index in [0.29, 0.717) is 16.7 Å². The summed E-state index contributed by atoms with van der Waals surface area (Å²) in [6.45, 7) is 6.17. The normalized spacial score (nSPS) is 14.7. The Kier molecular flexibility index (Phi) is 9.32. The van der Waals surface area contributed by atoms with Crippen molar-refractivity contribution >= 4 is 17.5 Å². The number of likely N-dealkylation sites (tertiary alicyclic amines) is 1. The molecule has 0 aromatic heterocycles. The highest BCUT2D eigenvalue weighted by Gasteiger charge is 2.40. The fraction of sp³-hybridized carbons (Fsp3) is 0.206. The Morgan fingerprint density at radius 1 is 0.925 bits per heavy atom. The third-order valence-electron chi connectivity index (χ3n) is 7.06. The van der Waals surface area contributed by atoms with E-state index < -0.39 is 0 Å². The van der Waals surface area contributed by atoms with Crippen LogP contribution in [0, 0.1) is 11.3 Å². The van der Waals surface area contributed by atoms with E-state index in [2.05, 4.69) is 42.7 Å². The van der Waals surface area contributed by atoms with Gasteiger partial charge >= 0.3 is 0 Å². The first-order chi connectivity index (χ1) is 19.6. The summed E-state index contributed by atoms with van der Waals surface area (Å²) in [5.74, 6) is 0.265. The van der Waals surface area contributed by atoms with Gasteiger partial charge in [-0.05, 0) is 72.7 Å². The standard InChI is InChI=1S/C32H29N3O3.C2H4/c1-38-30-19-25(16-15-24(30)14-11-22-7-3-2-4-8-22)29(34-26-17-12-23(20-33)13-18-26)21-35-31(36)27-9-5-6-10-28(27)32(35)37;1-2/h2-4,7-10,12-13,15-19,29,34H,5-6,11,14,21H2,1H3;1-2H2. The molecule has 1 aliphatic carbocycles.